The molecule has 1 N–H and O–H groups in total. The molecule has 0 aliphatic carbocycles. The number of thiazole rings is 1. The van der Waals surface area contributed by atoms with Gasteiger partial charge in [0.1, 0.15) is 4.88 Å². The fraction of sp³-hybridized carbons (Fsp3) is 0.643. The normalized spacial score (nSPS) is 10.7. The lowest BCUT2D eigenvalue weighted by molar-refractivity contribution is 0.0591. The third-order valence-corrected chi connectivity index (χ3v) is 4.26. The Hall–Kier alpha value is -1.47. The Bertz CT molecular complexity index is 484. The number of nitrogens with zero attached hydrogens (tertiary/aromatic N) is 2. The van der Waals surface area contributed by atoms with Gasteiger partial charge < -0.3 is 15.0 Å². The van der Waals surface area contributed by atoms with Crippen molar-refractivity contribution in [2.45, 2.75) is 27.2 Å². The first-order chi connectivity index (χ1) is 10.0. The summed E-state index contributed by atoms with van der Waals surface area (Å²) in [5.74, 6) is -0.753. The van der Waals surface area contributed by atoms with Gasteiger partial charge in [-0.25, -0.2) is 9.78 Å². The zero-order chi connectivity index (χ0) is 15.8. The van der Waals surface area contributed by atoms with E-state index in [9.17, 15) is 9.59 Å². The van der Waals surface area contributed by atoms with Crippen molar-refractivity contribution >= 4 is 28.2 Å². The molecule has 0 amide bonds. The summed E-state index contributed by atoms with van der Waals surface area (Å²) in [4.78, 5) is 29.9. The van der Waals surface area contributed by atoms with Crippen molar-refractivity contribution in [1.29, 1.82) is 0 Å². The van der Waals surface area contributed by atoms with Crippen molar-refractivity contribution < 1.29 is 14.3 Å². The smallest absolute Gasteiger partial charge is 0.358 e. The zero-order valence-electron chi connectivity index (χ0n) is 13.1. The summed E-state index contributed by atoms with van der Waals surface area (Å²) < 4.78 is 4.65. The van der Waals surface area contributed by atoms with E-state index in [1.165, 1.54) is 25.4 Å². The average Bonchev–Trinajstić information content (AvgIpc) is 2.91. The lowest BCUT2D eigenvalue weighted by atomic mass is 10.3. The van der Waals surface area contributed by atoms with E-state index in [0.29, 0.717) is 10.0 Å². The van der Waals surface area contributed by atoms with Gasteiger partial charge in [-0.15, -0.1) is 0 Å². The molecule has 21 heavy (non-hydrogen) atoms. The van der Waals surface area contributed by atoms with Crippen LogP contribution in [0.5, 0.6) is 0 Å². The molecule has 1 aromatic heterocycles. The third-order valence-electron chi connectivity index (χ3n) is 3.15. The van der Waals surface area contributed by atoms with Crippen LogP contribution < -0.4 is 5.32 Å². The van der Waals surface area contributed by atoms with Gasteiger partial charge in [-0.05, 0) is 26.1 Å². The second-order valence-electron chi connectivity index (χ2n) is 4.55. The monoisotopic (exact) mass is 313 g/mol. The van der Waals surface area contributed by atoms with Crippen LogP contribution in [0.25, 0.3) is 0 Å². The van der Waals surface area contributed by atoms with Crippen LogP contribution in [0.15, 0.2) is 0 Å². The minimum atomic E-state index is -0.576. The summed E-state index contributed by atoms with van der Waals surface area (Å²) in [6, 6.07) is 0. The maximum absolute atomic E-state index is 11.6. The van der Waals surface area contributed by atoms with Crippen LogP contribution in [0.3, 0.4) is 0 Å². The summed E-state index contributed by atoms with van der Waals surface area (Å²) in [6.45, 7) is 9.53. The first kappa shape index (κ1) is 17.6. The molecule has 0 saturated heterocycles. The quantitative estimate of drug-likeness (QED) is 0.428. The lowest BCUT2D eigenvalue weighted by Crippen LogP contribution is -2.25. The van der Waals surface area contributed by atoms with Crippen LogP contribution in [-0.4, -0.2) is 54.9 Å². The highest BCUT2D eigenvalue weighted by Crippen LogP contribution is 2.24. The van der Waals surface area contributed by atoms with Crippen LogP contribution in [0.2, 0.25) is 0 Å². The topological polar surface area (TPSA) is 71.5 Å². The Morgan fingerprint density at radius 3 is 2.52 bits per heavy atom. The number of esters is 1. The summed E-state index contributed by atoms with van der Waals surface area (Å²) in [5.41, 5.74) is 0.0984. The van der Waals surface area contributed by atoms with Crippen LogP contribution in [-0.2, 0) is 4.74 Å². The fourth-order valence-corrected chi connectivity index (χ4v) is 2.78. The number of aromatic nitrogens is 1. The predicted molar refractivity (Wildman–Crippen MR) is 84.4 cm³/mol. The van der Waals surface area contributed by atoms with Crippen molar-refractivity contribution in [3.8, 4) is 0 Å². The first-order valence-corrected chi connectivity index (χ1v) is 7.91. The first-order valence-electron chi connectivity index (χ1n) is 7.09. The van der Waals surface area contributed by atoms with Crippen LogP contribution in [0, 0.1) is 0 Å². The van der Waals surface area contributed by atoms with Gasteiger partial charge in [-0.1, -0.05) is 25.2 Å². The van der Waals surface area contributed by atoms with E-state index in [1.54, 1.807) is 0 Å². The van der Waals surface area contributed by atoms with E-state index in [-0.39, 0.29) is 11.5 Å². The van der Waals surface area contributed by atoms with Gasteiger partial charge in [0.2, 0.25) is 0 Å². The van der Waals surface area contributed by atoms with Crippen molar-refractivity contribution in [1.82, 2.24) is 9.88 Å². The Morgan fingerprint density at radius 2 is 2.00 bits per heavy atom. The molecule has 0 atom stereocenters. The molecule has 6 nitrogen and oxygen atoms in total. The molecule has 0 saturated carbocycles. The van der Waals surface area contributed by atoms with Crippen molar-refractivity contribution in [2.24, 2.45) is 0 Å². The second kappa shape index (κ2) is 8.74. The van der Waals surface area contributed by atoms with Crippen molar-refractivity contribution in [3.05, 3.63) is 10.6 Å². The number of rotatable bonds is 9. The van der Waals surface area contributed by atoms with E-state index in [2.05, 4.69) is 33.8 Å². The van der Waals surface area contributed by atoms with E-state index < -0.39 is 5.97 Å². The Labute approximate surface area is 129 Å². The summed E-state index contributed by atoms with van der Waals surface area (Å²) in [6.07, 6.45) is 0.976. The molecular formula is C14H23N3O3S. The number of Topliss-reactive ketones (excluding diaryl/α,β-unsaturated/α-hetero) is 1. The molecule has 0 aliphatic heterocycles. The molecule has 0 aliphatic rings. The molecule has 1 rings (SSSR count). The number of ketones is 1. The van der Waals surface area contributed by atoms with E-state index in [1.807, 2.05) is 0 Å². The van der Waals surface area contributed by atoms with Crippen LogP contribution in [0.4, 0.5) is 5.13 Å². The maximum Gasteiger partial charge on any atom is 0.358 e. The molecule has 7 heteroatoms. The average molecular weight is 313 g/mol. The number of carbonyl (C=O) groups is 2. The van der Waals surface area contributed by atoms with Gasteiger partial charge in [0, 0.05) is 13.5 Å². The number of hydrogen-bond acceptors (Lipinski definition) is 7. The third kappa shape index (κ3) is 5.09. The fourth-order valence-electron chi connectivity index (χ4n) is 1.91. The van der Waals surface area contributed by atoms with Crippen molar-refractivity contribution in [2.75, 3.05) is 38.6 Å². The van der Waals surface area contributed by atoms with E-state index in [0.717, 1.165) is 32.6 Å². The SMILES string of the molecule is CCN(CC)CCCNc1nc(C(=O)OC)c(C(C)=O)s1. The molecule has 0 spiro atoms. The van der Waals surface area contributed by atoms with Gasteiger partial charge in [0.25, 0.3) is 0 Å². The summed E-state index contributed by atoms with van der Waals surface area (Å²) >= 11 is 1.20. The van der Waals surface area contributed by atoms with Gasteiger partial charge in [-0.2, -0.15) is 0 Å². The van der Waals surface area contributed by atoms with Crippen LogP contribution in [0.1, 0.15) is 47.4 Å². The molecule has 0 radical (unpaired) electrons. The molecule has 0 bridgehead atoms. The van der Waals surface area contributed by atoms with E-state index in [4.69, 9.17) is 0 Å². The van der Waals surface area contributed by atoms with Gasteiger partial charge in [0.15, 0.2) is 16.6 Å². The lowest BCUT2D eigenvalue weighted by Gasteiger charge is -2.17. The number of carbonyl (C=O) groups excluding carboxylic acids is 2. The number of nitrogens with one attached hydrogen (secondary N) is 1. The second-order valence-corrected chi connectivity index (χ2v) is 5.55. The molecule has 1 heterocycles. The Balaban J connectivity index is 2.60. The number of hydrogen-bond donors (Lipinski definition) is 1. The highest BCUT2D eigenvalue weighted by molar-refractivity contribution is 7.17. The number of ether oxygens (including phenoxy) is 1. The van der Waals surface area contributed by atoms with Gasteiger partial charge >= 0.3 is 5.97 Å². The molecule has 0 fully saturated rings. The molecular weight excluding hydrogens is 290 g/mol. The van der Waals surface area contributed by atoms with Gasteiger partial charge in [-0.3, -0.25) is 4.79 Å². The van der Waals surface area contributed by atoms with Gasteiger partial charge in [0.05, 0.1) is 7.11 Å². The number of anilines is 1. The highest BCUT2D eigenvalue weighted by Gasteiger charge is 2.21. The van der Waals surface area contributed by atoms with Crippen molar-refractivity contribution in [3.63, 3.8) is 0 Å². The zero-order valence-corrected chi connectivity index (χ0v) is 13.9. The van der Waals surface area contributed by atoms with E-state index >= 15 is 0 Å². The molecule has 118 valence electrons. The summed E-state index contributed by atoms with van der Waals surface area (Å²) in [5, 5.41) is 3.75. The largest absolute Gasteiger partial charge is 0.464 e. The maximum atomic E-state index is 11.6. The molecule has 0 aromatic carbocycles. The Morgan fingerprint density at radius 1 is 1.33 bits per heavy atom. The Kier molecular flexibility index (Phi) is 7.31. The minimum absolute atomic E-state index is 0.0984. The predicted octanol–water partition coefficient (Wildman–Crippen LogP) is 2.28. The number of methoxy groups -OCH3 is 1. The molecule has 1 aromatic rings. The highest BCUT2D eigenvalue weighted by atomic mass is 32.1. The summed E-state index contributed by atoms with van der Waals surface area (Å²) in [7, 11) is 1.28. The standard InChI is InChI=1S/C14H23N3O3S/c1-5-17(6-2)9-7-8-15-14-16-11(13(19)20-4)12(21-14)10(3)18/h5-9H2,1-4H3,(H,15,16). The van der Waals surface area contributed by atoms with Crippen LogP contribution >= 0.6 is 11.3 Å². The minimum Gasteiger partial charge on any atom is -0.464 e. The molecule has 0 unspecified atom stereocenters.